The second-order valence-electron chi connectivity index (χ2n) is 9.39. The van der Waals surface area contributed by atoms with E-state index in [-0.39, 0.29) is 17.9 Å². The summed E-state index contributed by atoms with van der Waals surface area (Å²) < 4.78 is 1.97. The van der Waals surface area contributed by atoms with Crippen molar-refractivity contribution >= 4 is 22.6 Å². The molecule has 0 aliphatic carbocycles. The minimum atomic E-state index is -0.234. The van der Waals surface area contributed by atoms with Gasteiger partial charge in [-0.25, -0.2) is 9.97 Å². The fraction of sp³-hybridized carbons (Fsp3) is 0.346. The van der Waals surface area contributed by atoms with E-state index in [0.29, 0.717) is 5.56 Å². The molecule has 3 heterocycles. The number of aliphatic hydroxyl groups excluding tert-OH is 1. The van der Waals surface area contributed by atoms with E-state index in [9.17, 15) is 9.90 Å². The lowest BCUT2D eigenvalue weighted by Gasteiger charge is -2.34. The molecule has 1 amide bonds. The number of benzene rings is 2. The summed E-state index contributed by atoms with van der Waals surface area (Å²) in [6.45, 7) is 8.39. The number of aryl methyl sites for hydroxylation is 2. The zero-order valence-corrected chi connectivity index (χ0v) is 19.7. The van der Waals surface area contributed by atoms with Crippen molar-refractivity contribution in [2.24, 2.45) is 5.92 Å². The number of nitrogens with one attached hydrogen (secondary N) is 2. The first kappa shape index (κ1) is 22.3. The van der Waals surface area contributed by atoms with Crippen LogP contribution in [0.3, 0.4) is 0 Å². The maximum Gasteiger partial charge on any atom is 0.255 e. The van der Waals surface area contributed by atoms with E-state index in [1.54, 1.807) is 12.4 Å². The van der Waals surface area contributed by atoms with Crippen LogP contribution in [0.25, 0.3) is 16.7 Å². The number of carbonyl (C=O) groups excluding carboxylic acids is 1. The van der Waals surface area contributed by atoms with Crippen LogP contribution < -0.4 is 5.32 Å². The highest BCUT2D eigenvalue weighted by Gasteiger charge is 2.24. The number of nitrogens with zero attached hydrogens (tertiary/aromatic N) is 4. The van der Waals surface area contributed by atoms with Gasteiger partial charge in [0.25, 0.3) is 5.91 Å². The first-order valence-corrected chi connectivity index (χ1v) is 11.7. The number of H-pyrrole nitrogens is 1. The van der Waals surface area contributed by atoms with Crippen LogP contribution in [-0.2, 0) is 6.54 Å². The number of aromatic amines is 1. The van der Waals surface area contributed by atoms with Crippen molar-refractivity contribution < 1.29 is 9.90 Å². The van der Waals surface area contributed by atoms with Gasteiger partial charge in [-0.2, -0.15) is 0 Å². The molecule has 0 bridgehead atoms. The van der Waals surface area contributed by atoms with E-state index >= 15 is 0 Å². The van der Waals surface area contributed by atoms with Gasteiger partial charge in [0.05, 0.1) is 29.2 Å². The molecule has 1 aliphatic heterocycles. The van der Waals surface area contributed by atoms with Crippen molar-refractivity contribution in [3.8, 4) is 5.69 Å². The van der Waals surface area contributed by atoms with Gasteiger partial charge in [-0.15, -0.1) is 0 Å². The number of carbonyl (C=O) groups is 1. The van der Waals surface area contributed by atoms with Crippen LogP contribution >= 0.6 is 0 Å². The topological polar surface area (TPSA) is 99.1 Å². The summed E-state index contributed by atoms with van der Waals surface area (Å²) in [5.41, 5.74) is 5.96. The van der Waals surface area contributed by atoms with Gasteiger partial charge in [-0.05, 0) is 68.1 Å². The number of rotatable bonds is 5. The number of likely N-dealkylation sites (tertiary alicyclic amines) is 1. The largest absolute Gasteiger partial charge is 0.393 e. The molecule has 34 heavy (non-hydrogen) atoms. The predicted molar refractivity (Wildman–Crippen MR) is 132 cm³/mol. The summed E-state index contributed by atoms with van der Waals surface area (Å²) in [6.07, 6.45) is 4.30. The van der Waals surface area contributed by atoms with Gasteiger partial charge >= 0.3 is 0 Å². The van der Waals surface area contributed by atoms with E-state index < -0.39 is 0 Å². The summed E-state index contributed by atoms with van der Waals surface area (Å²) in [6, 6.07) is 11.6. The van der Waals surface area contributed by atoms with Crippen molar-refractivity contribution in [1.82, 2.24) is 24.4 Å². The van der Waals surface area contributed by atoms with Crippen molar-refractivity contribution in [2.45, 2.75) is 39.8 Å². The van der Waals surface area contributed by atoms with Gasteiger partial charge in [-0.3, -0.25) is 9.69 Å². The SMILES string of the molecule is Cc1cn(-c2cc(CN3CCC(O)C(C)C3)cc(NC(=O)c3ccc4nc(C)[nH]c4c3)c2)cn1. The van der Waals surface area contributed by atoms with Gasteiger partial charge in [-0.1, -0.05) is 6.92 Å². The molecule has 0 radical (unpaired) electrons. The summed E-state index contributed by atoms with van der Waals surface area (Å²) in [5.74, 6) is 0.891. The molecule has 2 aromatic heterocycles. The summed E-state index contributed by atoms with van der Waals surface area (Å²) >= 11 is 0. The molecule has 5 rings (SSSR count). The Kier molecular flexibility index (Phi) is 5.93. The Balaban J connectivity index is 1.42. The molecule has 1 fully saturated rings. The third-order valence-electron chi connectivity index (χ3n) is 6.46. The molecule has 3 N–H and O–H groups in total. The standard InChI is InChI=1S/C26H30N6O2/c1-16-12-31(7-6-25(16)33)14-19-8-21(11-22(9-19)32-13-17(2)27-15-32)30-26(34)20-4-5-23-24(10-20)29-18(3)28-23/h4-5,8-11,13,15-16,25,33H,6-7,12,14H2,1-3H3,(H,28,29)(H,30,34). The Morgan fingerprint density at radius 2 is 2.09 bits per heavy atom. The Bertz CT molecular complexity index is 1340. The van der Waals surface area contributed by atoms with E-state index in [1.165, 1.54) is 0 Å². The molecule has 4 aromatic rings. The second kappa shape index (κ2) is 9.04. The second-order valence-corrected chi connectivity index (χ2v) is 9.39. The zero-order chi connectivity index (χ0) is 23.8. The summed E-state index contributed by atoms with van der Waals surface area (Å²) in [4.78, 5) is 27.4. The van der Waals surface area contributed by atoms with Crippen LogP contribution in [0.5, 0.6) is 0 Å². The summed E-state index contributed by atoms with van der Waals surface area (Å²) in [7, 11) is 0. The number of hydrogen-bond acceptors (Lipinski definition) is 5. The lowest BCUT2D eigenvalue weighted by Crippen LogP contribution is -2.41. The number of aromatic nitrogens is 4. The minimum Gasteiger partial charge on any atom is -0.393 e. The molecular weight excluding hydrogens is 428 g/mol. The van der Waals surface area contributed by atoms with Crippen molar-refractivity contribution in [3.05, 3.63) is 71.6 Å². The highest BCUT2D eigenvalue weighted by Crippen LogP contribution is 2.24. The predicted octanol–water partition coefficient (Wildman–Crippen LogP) is 3.82. The number of amides is 1. The third kappa shape index (κ3) is 4.73. The molecule has 0 spiro atoms. The van der Waals surface area contributed by atoms with E-state index in [0.717, 1.165) is 65.5 Å². The van der Waals surface area contributed by atoms with Gasteiger partial charge in [0.1, 0.15) is 5.82 Å². The molecular formula is C26H30N6O2. The molecule has 176 valence electrons. The summed E-state index contributed by atoms with van der Waals surface area (Å²) in [5, 5.41) is 13.2. The normalized spacial score (nSPS) is 18.9. The number of piperidine rings is 1. The first-order valence-electron chi connectivity index (χ1n) is 11.7. The Morgan fingerprint density at radius 3 is 2.85 bits per heavy atom. The van der Waals surface area contributed by atoms with Crippen molar-refractivity contribution in [2.75, 3.05) is 18.4 Å². The highest BCUT2D eigenvalue weighted by molar-refractivity contribution is 6.06. The number of imidazole rings is 2. The molecule has 2 aromatic carbocycles. The molecule has 1 saturated heterocycles. The van der Waals surface area contributed by atoms with Gasteiger partial charge in [0, 0.05) is 42.8 Å². The molecule has 1 aliphatic rings. The Hall–Kier alpha value is -3.49. The van der Waals surface area contributed by atoms with E-state index in [2.05, 4.69) is 38.2 Å². The van der Waals surface area contributed by atoms with Crippen LogP contribution in [0.4, 0.5) is 5.69 Å². The van der Waals surface area contributed by atoms with Crippen LogP contribution in [0.1, 0.15) is 40.8 Å². The average molecular weight is 459 g/mol. The third-order valence-corrected chi connectivity index (χ3v) is 6.46. The fourth-order valence-corrected chi connectivity index (χ4v) is 4.65. The highest BCUT2D eigenvalue weighted by atomic mass is 16.3. The molecule has 8 heteroatoms. The van der Waals surface area contributed by atoms with Crippen molar-refractivity contribution in [1.29, 1.82) is 0 Å². The zero-order valence-electron chi connectivity index (χ0n) is 19.7. The van der Waals surface area contributed by atoms with Crippen LogP contribution in [0.2, 0.25) is 0 Å². The maximum absolute atomic E-state index is 13.1. The first-order chi connectivity index (χ1) is 16.3. The molecule has 2 atom stereocenters. The number of anilines is 1. The van der Waals surface area contributed by atoms with Crippen LogP contribution in [0.15, 0.2) is 48.9 Å². The molecule has 0 saturated carbocycles. The van der Waals surface area contributed by atoms with Gasteiger partial charge in [0.15, 0.2) is 0 Å². The lowest BCUT2D eigenvalue weighted by molar-refractivity contribution is 0.0320. The maximum atomic E-state index is 13.1. The monoisotopic (exact) mass is 458 g/mol. The number of aliphatic hydroxyl groups is 1. The van der Waals surface area contributed by atoms with E-state index in [4.69, 9.17) is 0 Å². The lowest BCUT2D eigenvalue weighted by atomic mass is 9.96. The van der Waals surface area contributed by atoms with Crippen LogP contribution in [-0.4, -0.2) is 54.6 Å². The fourth-order valence-electron chi connectivity index (χ4n) is 4.65. The minimum absolute atomic E-state index is 0.172. The quantitative estimate of drug-likeness (QED) is 0.422. The van der Waals surface area contributed by atoms with Gasteiger partial charge < -0.3 is 20.0 Å². The van der Waals surface area contributed by atoms with Crippen LogP contribution in [0, 0.1) is 19.8 Å². The Morgan fingerprint density at radius 1 is 1.24 bits per heavy atom. The van der Waals surface area contributed by atoms with Gasteiger partial charge in [0.2, 0.25) is 0 Å². The Labute approximate surface area is 198 Å². The van der Waals surface area contributed by atoms with E-state index in [1.807, 2.05) is 48.9 Å². The average Bonchev–Trinajstić information content (AvgIpc) is 3.40. The number of hydrogen-bond donors (Lipinski definition) is 3. The number of fused-ring (bicyclic) bond motifs is 1. The molecule has 2 unspecified atom stereocenters. The smallest absolute Gasteiger partial charge is 0.255 e. The van der Waals surface area contributed by atoms with Crippen molar-refractivity contribution in [3.63, 3.8) is 0 Å². The molecule has 8 nitrogen and oxygen atoms in total.